The van der Waals surface area contributed by atoms with Crippen molar-refractivity contribution >= 4 is 35.0 Å². The van der Waals surface area contributed by atoms with Crippen LogP contribution in [0.5, 0.6) is 0 Å². The third kappa shape index (κ3) is 3.53. The minimum atomic E-state index is -0.494. The molecule has 1 fully saturated rings. The predicted molar refractivity (Wildman–Crippen MR) is 89.0 cm³/mol. The molecule has 0 aromatic carbocycles. The largest absolute Gasteiger partial charge is 0.467 e. The highest BCUT2D eigenvalue weighted by Crippen LogP contribution is 2.25. The van der Waals surface area contributed by atoms with Crippen molar-refractivity contribution in [1.82, 2.24) is 14.9 Å². The Kier molecular flexibility index (Phi) is 4.92. The summed E-state index contributed by atoms with van der Waals surface area (Å²) in [6.07, 6.45) is 1.89. The van der Waals surface area contributed by atoms with Crippen LogP contribution in [0.15, 0.2) is 29.8 Å². The lowest BCUT2D eigenvalue weighted by Crippen LogP contribution is -2.43. The lowest BCUT2D eigenvalue weighted by atomic mass is 10.2. The fraction of sp³-hybridized carbons (Fsp3) is 0.333. The molecular formula is C15H15N3O3S2. The maximum atomic E-state index is 12.4. The SMILES string of the molecule is COC(=O)[C@@H]1CSCN1C(=O)Cc1csc(-c2ccccn2)n1. The van der Waals surface area contributed by atoms with Crippen LogP contribution >= 0.6 is 23.1 Å². The van der Waals surface area contributed by atoms with E-state index in [0.29, 0.717) is 17.3 Å². The highest BCUT2D eigenvalue weighted by Gasteiger charge is 2.35. The van der Waals surface area contributed by atoms with Gasteiger partial charge in [0.2, 0.25) is 5.91 Å². The Balaban J connectivity index is 1.69. The van der Waals surface area contributed by atoms with Crippen molar-refractivity contribution in [2.24, 2.45) is 0 Å². The molecule has 0 bridgehead atoms. The fourth-order valence-electron chi connectivity index (χ4n) is 2.27. The molecule has 2 aromatic rings. The van der Waals surface area contributed by atoms with Gasteiger partial charge in [-0.05, 0) is 12.1 Å². The molecule has 0 spiro atoms. The second-order valence-electron chi connectivity index (χ2n) is 4.94. The summed E-state index contributed by atoms with van der Waals surface area (Å²) in [5, 5.41) is 2.65. The van der Waals surface area contributed by atoms with E-state index in [1.54, 1.807) is 22.9 Å². The molecule has 0 aliphatic carbocycles. The first-order valence-electron chi connectivity index (χ1n) is 7.00. The van der Waals surface area contributed by atoms with Crippen LogP contribution in [0.3, 0.4) is 0 Å². The van der Waals surface area contributed by atoms with Crippen LogP contribution in [0.2, 0.25) is 0 Å². The second kappa shape index (κ2) is 7.10. The van der Waals surface area contributed by atoms with Gasteiger partial charge in [0.1, 0.15) is 11.0 Å². The lowest BCUT2D eigenvalue weighted by molar-refractivity contribution is -0.150. The minimum Gasteiger partial charge on any atom is -0.467 e. The van der Waals surface area contributed by atoms with Crippen molar-refractivity contribution in [2.75, 3.05) is 18.7 Å². The third-order valence-corrected chi connectivity index (χ3v) is 5.37. The number of methoxy groups -OCH3 is 1. The molecule has 0 radical (unpaired) electrons. The molecule has 0 saturated carbocycles. The fourth-order valence-corrected chi connectivity index (χ4v) is 4.23. The zero-order chi connectivity index (χ0) is 16.2. The van der Waals surface area contributed by atoms with Crippen molar-refractivity contribution in [2.45, 2.75) is 12.5 Å². The van der Waals surface area contributed by atoms with Crippen LogP contribution in [0.1, 0.15) is 5.69 Å². The highest BCUT2D eigenvalue weighted by molar-refractivity contribution is 7.99. The number of amides is 1. The van der Waals surface area contributed by atoms with E-state index in [9.17, 15) is 9.59 Å². The number of hydrogen-bond acceptors (Lipinski definition) is 7. The predicted octanol–water partition coefficient (Wildman–Crippen LogP) is 1.82. The minimum absolute atomic E-state index is 0.108. The summed E-state index contributed by atoms with van der Waals surface area (Å²) in [6.45, 7) is 0. The van der Waals surface area contributed by atoms with Gasteiger partial charge in [0.05, 0.1) is 30.8 Å². The van der Waals surface area contributed by atoms with E-state index in [-0.39, 0.29) is 18.3 Å². The molecule has 1 saturated heterocycles. The average molecular weight is 349 g/mol. The molecule has 23 heavy (non-hydrogen) atoms. The van der Waals surface area contributed by atoms with Crippen LogP contribution in [-0.4, -0.2) is 51.5 Å². The first-order valence-corrected chi connectivity index (χ1v) is 9.03. The number of hydrogen-bond donors (Lipinski definition) is 0. The Hall–Kier alpha value is -1.93. The van der Waals surface area contributed by atoms with E-state index < -0.39 is 6.04 Å². The van der Waals surface area contributed by atoms with Gasteiger partial charge in [0.25, 0.3) is 0 Å². The van der Waals surface area contributed by atoms with E-state index in [2.05, 4.69) is 9.97 Å². The Bertz CT molecular complexity index is 705. The standard InChI is InChI=1S/C15H15N3O3S2/c1-21-15(20)12-8-22-9-18(12)13(19)6-10-7-23-14(17-10)11-4-2-3-5-16-11/h2-5,7,12H,6,8-9H2,1H3/t12-/m0/s1. The van der Waals surface area contributed by atoms with Gasteiger partial charge < -0.3 is 9.64 Å². The van der Waals surface area contributed by atoms with Crippen LogP contribution in [0.25, 0.3) is 10.7 Å². The van der Waals surface area contributed by atoms with E-state index >= 15 is 0 Å². The zero-order valence-electron chi connectivity index (χ0n) is 12.5. The molecule has 1 aliphatic heterocycles. The number of carbonyl (C=O) groups excluding carboxylic acids is 2. The molecule has 1 atom stereocenters. The molecule has 3 heterocycles. The van der Waals surface area contributed by atoms with Gasteiger partial charge in [-0.3, -0.25) is 9.78 Å². The number of rotatable bonds is 4. The number of esters is 1. The molecule has 1 amide bonds. The first-order chi connectivity index (χ1) is 11.2. The number of carbonyl (C=O) groups is 2. The molecule has 1 aliphatic rings. The maximum Gasteiger partial charge on any atom is 0.329 e. The summed E-state index contributed by atoms with van der Waals surface area (Å²) in [5.41, 5.74) is 1.49. The van der Waals surface area contributed by atoms with Crippen molar-refractivity contribution in [1.29, 1.82) is 0 Å². The van der Waals surface area contributed by atoms with Gasteiger partial charge in [0, 0.05) is 17.3 Å². The summed E-state index contributed by atoms with van der Waals surface area (Å²) >= 11 is 3.01. The quantitative estimate of drug-likeness (QED) is 0.784. The van der Waals surface area contributed by atoms with Gasteiger partial charge in [-0.15, -0.1) is 23.1 Å². The van der Waals surface area contributed by atoms with Crippen molar-refractivity contribution in [3.63, 3.8) is 0 Å². The van der Waals surface area contributed by atoms with Crippen molar-refractivity contribution in [3.05, 3.63) is 35.5 Å². The Labute approximate surface area is 141 Å². The molecule has 120 valence electrons. The Morgan fingerprint density at radius 1 is 1.43 bits per heavy atom. The summed E-state index contributed by atoms with van der Waals surface area (Å²) < 4.78 is 4.76. The zero-order valence-corrected chi connectivity index (χ0v) is 14.1. The van der Waals surface area contributed by atoms with Gasteiger partial charge in [0.15, 0.2) is 0 Å². The van der Waals surface area contributed by atoms with Gasteiger partial charge in [-0.2, -0.15) is 0 Å². The van der Waals surface area contributed by atoms with E-state index in [0.717, 1.165) is 10.7 Å². The van der Waals surface area contributed by atoms with Crippen LogP contribution in [-0.2, 0) is 20.7 Å². The maximum absolute atomic E-state index is 12.4. The average Bonchev–Trinajstić information content (AvgIpc) is 3.24. The summed E-state index contributed by atoms with van der Waals surface area (Å²) in [5.74, 6) is 0.615. The normalized spacial score (nSPS) is 17.3. The number of thiazole rings is 1. The van der Waals surface area contributed by atoms with Crippen LogP contribution in [0, 0.1) is 0 Å². The highest BCUT2D eigenvalue weighted by atomic mass is 32.2. The van der Waals surface area contributed by atoms with Crippen LogP contribution < -0.4 is 0 Å². The monoisotopic (exact) mass is 349 g/mol. The first kappa shape index (κ1) is 15.9. The number of pyridine rings is 1. The van der Waals surface area contributed by atoms with E-state index in [1.165, 1.54) is 18.4 Å². The van der Waals surface area contributed by atoms with E-state index in [1.807, 2.05) is 23.6 Å². The number of ether oxygens (including phenoxy) is 1. The molecule has 3 rings (SSSR count). The summed E-state index contributed by atoms with van der Waals surface area (Å²) in [7, 11) is 1.34. The number of aromatic nitrogens is 2. The van der Waals surface area contributed by atoms with Gasteiger partial charge in [-0.25, -0.2) is 9.78 Å². The molecule has 8 heteroatoms. The summed E-state index contributed by atoms with van der Waals surface area (Å²) in [4.78, 5) is 34.5. The Morgan fingerprint density at radius 2 is 2.30 bits per heavy atom. The third-order valence-electron chi connectivity index (χ3n) is 3.44. The smallest absolute Gasteiger partial charge is 0.329 e. The molecule has 0 N–H and O–H groups in total. The van der Waals surface area contributed by atoms with E-state index in [4.69, 9.17) is 4.74 Å². The number of nitrogens with zero attached hydrogens (tertiary/aromatic N) is 3. The van der Waals surface area contributed by atoms with Crippen molar-refractivity contribution in [3.8, 4) is 10.7 Å². The molecule has 6 nitrogen and oxygen atoms in total. The lowest BCUT2D eigenvalue weighted by Gasteiger charge is -2.21. The molecular weight excluding hydrogens is 334 g/mol. The van der Waals surface area contributed by atoms with Gasteiger partial charge in [-0.1, -0.05) is 6.07 Å². The van der Waals surface area contributed by atoms with Crippen molar-refractivity contribution < 1.29 is 14.3 Å². The molecule has 0 unspecified atom stereocenters. The second-order valence-corrected chi connectivity index (χ2v) is 6.80. The number of thioether (sulfide) groups is 1. The Morgan fingerprint density at radius 3 is 3.04 bits per heavy atom. The summed E-state index contributed by atoms with van der Waals surface area (Å²) in [6, 6.07) is 5.14. The topological polar surface area (TPSA) is 72.4 Å². The molecule has 2 aromatic heterocycles. The van der Waals surface area contributed by atoms with Crippen LogP contribution in [0.4, 0.5) is 0 Å². The van der Waals surface area contributed by atoms with Gasteiger partial charge >= 0.3 is 5.97 Å².